The summed E-state index contributed by atoms with van der Waals surface area (Å²) >= 11 is 0. The number of fused-ring (bicyclic) bond motifs is 3. The molecule has 0 radical (unpaired) electrons. The van der Waals surface area contributed by atoms with E-state index in [1.165, 1.54) is 0 Å². The average Bonchev–Trinajstić information content (AvgIpc) is 3.48. The number of hydrogen-bond donors (Lipinski definition) is 0. The molecule has 6 rings (SSSR count). The summed E-state index contributed by atoms with van der Waals surface area (Å²) in [7, 11) is -2.64. The molecule has 0 amide bonds. The Kier molecular flexibility index (Phi) is 6.28. The fraction of sp³-hybridized carbons (Fsp3) is 0.600. The Bertz CT molecular complexity index is 1520. The number of benzene rings is 1. The topological polar surface area (TPSA) is 0 Å². The smallest absolute Gasteiger partial charge is 0.166 e. The van der Waals surface area contributed by atoms with Crippen LogP contribution in [0.2, 0.25) is 18.6 Å². The molecule has 228 valence electrons. The van der Waals surface area contributed by atoms with Crippen LogP contribution in [0.4, 0.5) is 26.3 Å². The van der Waals surface area contributed by atoms with Gasteiger partial charge in [0.05, 0.1) is 19.2 Å². The van der Waals surface area contributed by atoms with Gasteiger partial charge in [-0.15, -0.1) is 0 Å². The molecular weight excluding hydrogens is 562 g/mol. The fourth-order valence-corrected chi connectivity index (χ4v) is 15.2. The molecule has 4 unspecified atom stereocenters. The summed E-state index contributed by atoms with van der Waals surface area (Å²) in [6.07, 6.45) is -3.23. The molecule has 5 aliphatic carbocycles. The van der Waals surface area contributed by atoms with E-state index in [4.69, 9.17) is 0 Å². The van der Waals surface area contributed by atoms with E-state index in [9.17, 15) is 26.3 Å². The summed E-state index contributed by atoms with van der Waals surface area (Å²) in [5.74, 6) is -0.193. The van der Waals surface area contributed by atoms with Crippen molar-refractivity contribution in [1.82, 2.24) is 0 Å². The first kappa shape index (κ1) is 30.0. The van der Waals surface area contributed by atoms with Crippen molar-refractivity contribution in [3.8, 4) is 0 Å². The minimum atomic E-state index is -4.47. The van der Waals surface area contributed by atoms with Crippen molar-refractivity contribution in [2.45, 2.75) is 111 Å². The highest BCUT2D eigenvalue weighted by Gasteiger charge is 2.57. The van der Waals surface area contributed by atoms with Crippen molar-refractivity contribution in [1.29, 1.82) is 0 Å². The number of rotatable bonds is 2. The van der Waals surface area contributed by atoms with Gasteiger partial charge >= 0.3 is 12.4 Å². The SMILES string of the molecule is CC1=CC2=C(C(C)C3CC(C)(C)CC3=C2C(F)(F)F)C1[Si](C)(C)C1C(C)=Cc2c1cc1c(c2C(F)(F)F)CC(C)(C)C1. The van der Waals surface area contributed by atoms with Gasteiger partial charge in [-0.2, -0.15) is 26.3 Å². The van der Waals surface area contributed by atoms with Crippen LogP contribution in [0.5, 0.6) is 0 Å². The van der Waals surface area contributed by atoms with Crippen LogP contribution in [0.25, 0.3) is 6.08 Å². The van der Waals surface area contributed by atoms with E-state index >= 15 is 0 Å². The maximum atomic E-state index is 14.8. The van der Waals surface area contributed by atoms with E-state index < -0.39 is 31.6 Å². The van der Waals surface area contributed by atoms with E-state index in [0.717, 1.165) is 34.3 Å². The van der Waals surface area contributed by atoms with Gasteiger partial charge in [-0.3, -0.25) is 0 Å². The Labute approximate surface area is 247 Å². The summed E-state index contributed by atoms with van der Waals surface area (Å²) in [5, 5.41) is 0. The predicted octanol–water partition coefficient (Wildman–Crippen LogP) is 11.1. The molecule has 0 heterocycles. The third kappa shape index (κ3) is 4.29. The predicted molar refractivity (Wildman–Crippen MR) is 160 cm³/mol. The quantitative estimate of drug-likeness (QED) is 0.233. The molecule has 7 heteroatoms. The molecule has 0 aromatic heterocycles. The Morgan fingerprint density at radius 1 is 0.810 bits per heavy atom. The highest BCUT2D eigenvalue weighted by Crippen LogP contribution is 2.64. The zero-order valence-electron chi connectivity index (χ0n) is 26.1. The number of alkyl halides is 6. The Morgan fingerprint density at radius 2 is 1.43 bits per heavy atom. The molecule has 0 bridgehead atoms. The van der Waals surface area contributed by atoms with E-state index in [1.807, 2.05) is 33.8 Å². The van der Waals surface area contributed by atoms with Crippen LogP contribution < -0.4 is 0 Å². The number of halogens is 6. The molecule has 42 heavy (non-hydrogen) atoms. The minimum Gasteiger partial charge on any atom is -0.166 e. The molecule has 0 aliphatic heterocycles. The summed E-state index contributed by atoms with van der Waals surface area (Å²) in [6, 6.07) is 2.04. The first-order valence-electron chi connectivity index (χ1n) is 15.2. The van der Waals surface area contributed by atoms with Crippen molar-refractivity contribution in [2.24, 2.45) is 22.7 Å². The van der Waals surface area contributed by atoms with Crippen LogP contribution in [0.3, 0.4) is 0 Å². The maximum Gasteiger partial charge on any atom is 0.417 e. The van der Waals surface area contributed by atoms with Crippen molar-refractivity contribution in [3.05, 3.63) is 73.4 Å². The fourth-order valence-electron chi connectivity index (χ4n) is 10.1. The molecule has 1 aromatic rings. The van der Waals surface area contributed by atoms with Gasteiger partial charge in [0.1, 0.15) is 0 Å². The lowest BCUT2D eigenvalue weighted by Gasteiger charge is -2.44. The zero-order chi connectivity index (χ0) is 31.1. The second kappa shape index (κ2) is 8.79. The monoisotopic (exact) mass is 604 g/mol. The lowest BCUT2D eigenvalue weighted by Crippen LogP contribution is -2.43. The van der Waals surface area contributed by atoms with E-state index in [1.54, 1.807) is 12.2 Å². The largest absolute Gasteiger partial charge is 0.417 e. The van der Waals surface area contributed by atoms with Crippen LogP contribution in [0, 0.1) is 22.7 Å². The van der Waals surface area contributed by atoms with Crippen LogP contribution in [-0.2, 0) is 19.0 Å². The molecule has 0 N–H and O–H groups in total. The standard InChI is InChI=1S/C35H42F6Si/c1-17-10-21-22(12-20-13-32(4,5)15-25(20)28(21)34(36,37)38)30(17)42(8,9)31-18(2)11-23-27(31)19(3)24-14-33(6,7)16-26(24)29(23)35(39,40)41/h10-12,19,24,30-31H,13-16H2,1-9H3. The summed E-state index contributed by atoms with van der Waals surface area (Å²) in [6.45, 7) is 18.5. The Hall–Kier alpha value is -2.02. The molecule has 0 saturated heterocycles. The summed E-state index contributed by atoms with van der Waals surface area (Å²) < 4.78 is 88.7. The molecule has 0 nitrogen and oxygen atoms in total. The van der Waals surface area contributed by atoms with E-state index in [0.29, 0.717) is 41.5 Å². The summed E-state index contributed by atoms with van der Waals surface area (Å²) in [4.78, 5) is 0. The minimum absolute atomic E-state index is 0.0370. The second-order valence-corrected chi connectivity index (χ2v) is 20.9. The average molecular weight is 605 g/mol. The van der Waals surface area contributed by atoms with Crippen LogP contribution in [-0.4, -0.2) is 14.3 Å². The van der Waals surface area contributed by atoms with Crippen molar-refractivity contribution in [3.63, 3.8) is 0 Å². The highest BCUT2D eigenvalue weighted by molar-refractivity contribution is 6.82. The van der Waals surface area contributed by atoms with Crippen LogP contribution in [0.1, 0.15) is 94.7 Å². The first-order valence-corrected chi connectivity index (χ1v) is 18.4. The van der Waals surface area contributed by atoms with Gasteiger partial charge in [-0.1, -0.05) is 88.2 Å². The van der Waals surface area contributed by atoms with Gasteiger partial charge < -0.3 is 0 Å². The van der Waals surface area contributed by atoms with Crippen LogP contribution >= 0.6 is 0 Å². The number of hydrogen-bond acceptors (Lipinski definition) is 0. The van der Waals surface area contributed by atoms with Gasteiger partial charge in [-0.25, -0.2) is 0 Å². The Balaban J connectivity index is 1.52. The van der Waals surface area contributed by atoms with Crippen molar-refractivity contribution >= 4 is 14.1 Å². The highest BCUT2D eigenvalue weighted by atomic mass is 28.3. The summed E-state index contributed by atoms with van der Waals surface area (Å²) in [5.41, 5.74) is 4.17. The van der Waals surface area contributed by atoms with Crippen LogP contribution in [0.15, 0.2) is 45.6 Å². The van der Waals surface area contributed by atoms with Gasteiger partial charge in [0, 0.05) is 5.54 Å². The lowest BCUT2D eigenvalue weighted by molar-refractivity contribution is -0.138. The zero-order valence-corrected chi connectivity index (χ0v) is 27.1. The molecule has 5 aliphatic rings. The normalized spacial score (nSPS) is 29.9. The maximum absolute atomic E-state index is 14.8. The third-order valence-electron chi connectivity index (χ3n) is 11.1. The Morgan fingerprint density at radius 3 is 2.02 bits per heavy atom. The molecule has 1 fully saturated rings. The molecule has 1 aromatic carbocycles. The molecule has 4 atom stereocenters. The van der Waals surface area contributed by atoms with Crippen molar-refractivity contribution < 1.29 is 26.3 Å². The molecule has 0 spiro atoms. The van der Waals surface area contributed by atoms with Gasteiger partial charge in [0.2, 0.25) is 0 Å². The third-order valence-corrected chi connectivity index (χ3v) is 15.6. The van der Waals surface area contributed by atoms with Crippen molar-refractivity contribution in [2.75, 3.05) is 0 Å². The van der Waals surface area contributed by atoms with Gasteiger partial charge in [0.15, 0.2) is 0 Å². The molecular formula is C35H42F6Si. The molecule has 1 saturated carbocycles. The second-order valence-electron chi connectivity index (χ2n) is 16.1. The number of allylic oxidation sites excluding steroid dienone is 7. The lowest BCUT2D eigenvalue weighted by atomic mass is 9.73. The van der Waals surface area contributed by atoms with Gasteiger partial charge in [0.25, 0.3) is 0 Å². The van der Waals surface area contributed by atoms with Gasteiger partial charge in [-0.05, 0) is 95.6 Å². The van der Waals surface area contributed by atoms with E-state index in [2.05, 4.69) is 33.9 Å². The first-order chi connectivity index (χ1) is 19.1. The van der Waals surface area contributed by atoms with E-state index in [-0.39, 0.29) is 33.7 Å².